The fraction of sp³-hybridized carbons (Fsp3) is 0.250. The fourth-order valence-electron chi connectivity index (χ4n) is 4.55. The van der Waals surface area contributed by atoms with E-state index in [1.54, 1.807) is 36.4 Å². The highest BCUT2D eigenvalue weighted by Gasteiger charge is 2.44. The molecule has 1 atom stereocenters. The molecule has 0 spiro atoms. The Morgan fingerprint density at radius 2 is 1.41 bits per heavy atom. The summed E-state index contributed by atoms with van der Waals surface area (Å²) in [7, 11) is -3.57. The molecule has 2 fully saturated rings. The summed E-state index contributed by atoms with van der Waals surface area (Å²) in [4.78, 5) is 29.6. The third-order valence-electron chi connectivity index (χ3n) is 6.23. The summed E-state index contributed by atoms with van der Waals surface area (Å²) in [6.07, 6.45) is 0.105. The van der Waals surface area contributed by atoms with E-state index in [0.29, 0.717) is 18.8 Å². The van der Waals surface area contributed by atoms with E-state index in [1.165, 1.54) is 9.21 Å². The first kappa shape index (κ1) is 20.8. The molecule has 2 aliphatic heterocycles. The van der Waals surface area contributed by atoms with Crippen LogP contribution < -0.4 is 4.90 Å². The van der Waals surface area contributed by atoms with Crippen molar-refractivity contribution in [3.63, 3.8) is 0 Å². The smallest absolute Gasteiger partial charge is 0.251 e. The number of rotatable bonds is 4. The standard InChI is InChI=1S/C24H23N3O4S/c28-23-17-22(24(29)27(23)21-12-6-8-18-7-4-5-11-20(18)21)25-13-15-26(16-14-25)32(30,31)19-9-2-1-3-10-19/h1-12,22H,13-17H2/t22-/m1/s1. The molecule has 0 aliphatic carbocycles. The zero-order chi connectivity index (χ0) is 22.3. The molecule has 0 bridgehead atoms. The van der Waals surface area contributed by atoms with Crippen LogP contribution in [0, 0.1) is 0 Å². The van der Waals surface area contributed by atoms with Gasteiger partial charge in [-0.3, -0.25) is 14.5 Å². The Kier molecular flexibility index (Phi) is 5.28. The summed E-state index contributed by atoms with van der Waals surface area (Å²) in [5.41, 5.74) is 0.603. The molecule has 2 aliphatic rings. The largest absolute Gasteiger partial charge is 0.289 e. The van der Waals surface area contributed by atoms with Gasteiger partial charge in [0.25, 0.3) is 5.91 Å². The number of carbonyl (C=O) groups is 2. The van der Waals surface area contributed by atoms with E-state index < -0.39 is 16.1 Å². The number of hydrogen-bond donors (Lipinski definition) is 0. The number of fused-ring (bicyclic) bond motifs is 1. The van der Waals surface area contributed by atoms with Crippen LogP contribution >= 0.6 is 0 Å². The van der Waals surface area contributed by atoms with Gasteiger partial charge in [-0.2, -0.15) is 4.31 Å². The van der Waals surface area contributed by atoms with E-state index in [9.17, 15) is 18.0 Å². The minimum Gasteiger partial charge on any atom is -0.289 e. The second-order valence-electron chi connectivity index (χ2n) is 8.04. The number of imide groups is 1. The van der Waals surface area contributed by atoms with Gasteiger partial charge < -0.3 is 0 Å². The minimum atomic E-state index is -3.57. The number of benzene rings is 3. The predicted octanol–water partition coefficient (Wildman–Crippen LogP) is 2.48. The first-order valence-corrected chi connectivity index (χ1v) is 12.0. The number of nitrogens with zero attached hydrogens (tertiary/aromatic N) is 3. The van der Waals surface area contributed by atoms with E-state index in [1.807, 2.05) is 41.3 Å². The molecular weight excluding hydrogens is 426 g/mol. The molecule has 2 saturated heterocycles. The van der Waals surface area contributed by atoms with Gasteiger partial charge in [0.1, 0.15) is 0 Å². The molecule has 3 aromatic rings. The molecule has 164 valence electrons. The molecular formula is C24H23N3O4S. The normalized spacial score (nSPS) is 20.9. The van der Waals surface area contributed by atoms with Gasteiger partial charge in [-0.05, 0) is 23.6 Å². The number of anilines is 1. The van der Waals surface area contributed by atoms with Crippen molar-refractivity contribution in [3.8, 4) is 0 Å². The van der Waals surface area contributed by atoms with Gasteiger partial charge in [-0.25, -0.2) is 13.3 Å². The lowest BCUT2D eigenvalue weighted by Gasteiger charge is -2.36. The van der Waals surface area contributed by atoms with Crippen molar-refractivity contribution in [2.24, 2.45) is 0 Å². The van der Waals surface area contributed by atoms with Crippen LogP contribution in [0.3, 0.4) is 0 Å². The highest BCUT2D eigenvalue weighted by Crippen LogP contribution is 2.32. The Morgan fingerprint density at radius 3 is 2.16 bits per heavy atom. The van der Waals surface area contributed by atoms with E-state index in [2.05, 4.69) is 0 Å². The second kappa shape index (κ2) is 8.12. The number of hydrogen-bond acceptors (Lipinski definition) is 5. The van der Waals surface area contributed by atoms with Crippen LogP contribution in [-0.4, -0.2) is 61.7 Å². The van der Waals surface area contributed by atoms with Crippen molar-refractivity contribution in [1.29, 1.82) is 0 Å². The second-order valence-corrected chi connectivity index (χ2v) is 9.98. The van der Waals surface area contributed by atoms with E-state index >= 15 is 0 Å². The maximum Gasteiger partial charge on any atom is 0.251 e. The third-order valence-corrected chi connectivity index (χ3v) is 8.14. The van der Waals surface area contributed by atoms with E-state index in [0.717, 1.165) is 10.8 Å². The molecule has 2 heterocycles. The number of sulfonamides is 1. The summed E-state index contributed by atoms with van der Waals surface area (Å²) in [6, 6.07) is 21.1. The predicted molar refractivity (Wildman–Crippen MR) is 122 cm³/mol. The SMILES string of the molecule is O=C1C[C@@H](N2CCN(S(=O)(=O)c3ccccc3)CC2)C(=O)N1c1cccc2ccccc12. The molecule has 0 unspecified atom stereocenters. The summed E-state index contributed by atoms with van der Waals surface area (Å²) < 4.78 is 27.2. The summed E-state index contributed by atoms with van der Waals surface area (Å²) in [5, 5.41) is 1.82. The third kappa shape index (κ3) is 3.50. The minimum absolute atomic E-state index is 0.105. The zero-order valence-electron chi connectivity index (χ0n) is 17.4. The van der Waals surface area contributed by atoms with Gasteiger partial charge in [0.2, 0.25) is 15.9 Å². The highest BCUT2D eigenvalue weighted by atomic mass is 32.2. The topological polar surface area (TPSA) is 78.0 Å². The van der Waals surface area contributed by atoms with Crippen molar-refractivity contribution in [2.75, 3.05) is 31.1 Å². The Labute approximate surface area is 186 Å². The van der Waals surface area contributed by atoms with Crippen LogP contribution in [0.5, 0.6) is 0 Å². The quantitative estimate of drug-likeness (QED) is 0.572. The van der Waals surface area contributed by atoms with Crippen molar-refractivity contribution < 1.29 is 18.0 Å². The molecule has 7 nitrogen and oxygen atoms in total. The summed E-state index contributed by atoms with van der Waals surface area (Å²) in [6.45, 7) is 1.37. The maximum absolute atomic E-state index is 13.3. The number of carbonyl (C=O) groups excluding carboxylic acids is 2. The van der Waals surface area contributed by atoms with Crippen molar-refractivity contribution >= 4 is 38.3 Å². The van der Waals surface area contributed by atoms with Crippen molar-refractivity contribution in [1.82, 2.24) is 9.21 Å². The average molecular weight is 450 g/mol. The van der Waals surface area contributed by atoms with Gasteiger partial charge in [0, 0.05) is 31.6 Å². The van der Waals surface area contributed by atoms with Gasteiger partial charge in [0.15, 0.2) is 0 Å². The van der Waals surface area contributed by atoms with Gasteiger partial charge in [-0.15, -0.1) is 0 Å². The van der Waals surface area contributed by atoms with Crippen LogP contribution in [0.2, 0.25) is 0 Å². The molecule has 5 rings (SSSR count). The molecule has 0 saturated carbocycles. The van der Waals surface area contributed by atoms with Crippen molar-refractivity contribution in [2.45, 2.75) is 17.4 Å². The molecule has 8 heteroatoms. The molecule has 32 heavy (non-hydrogen) atoms. The molecule has 2 amide bonds. The lowest BCUT2D eigenvalue weighted by molar-refractivity contribution is -0.123. The van der Waals surface area contributed by atoms with Gasteiger partial charge in [0.05, 0.1) is 23.0 Å². The summed E-state index contributed by atoms with van der Waals surface area (Å²) in [5.74, 6) is -0.471. The van der Waals surface area contributed by atoms with Gasteiger partial charge in [-0.1, -0.05) is 54.6 Å². The Bertz CT molecular complexity index is 1280. The van der Waals surface area contributed by atoms with Crippen LogP contribution in [0.4, 0.5) is 5.69 Å². The van der Waals surface area contributed by atoms with Crippen LogP contribution in [0.1, 0.15) is 6.42 Å². The molecule has 0 N–H and O–H groups in total. The van der Waals surface area contributed by atoms with Crippen LogP contribution in [0.25, 0.3) is 10.8 Å². The van der Waals surface area contributed by atoms with Crippen molar-refractivity contribution in [3.05, 3.63) is 72.8 Å². The Hall–Kier alpha value is -3.07. The zero-order valence-corrected chi connectivity index (χ0v) is 18.2. The molecule has 0 aromatic heterocycles. The fourth-order valence-corrected chi connectivity index (χ4v) is 6.00. The molecule has 3 aromatic carbocycles. The van der Waals surface area contributed by atoms with Crippen LogP contribution in [-0.2, 0) is 19.6 Å². The van der Waals surface area contributed by atoms with Gasteiger partial charge >= 0.3 is 0 Å². The number of amides is 2. The monoisotopic (exact) mass is 449 g/mol. The average Bonchev–Trinajstić information content (AvgIpc) is 3.13. The van der Waals surface area contributed by atoms with E-state index in [-0.39, 0.29) is 36.2 Å². The van der Waals surface area contributed by atoms with Crippen LogP contribution in [0.15, 0.2) is 77.7 Å². The lowest BCUT2D eigenvalue weighted by atomic mass is 10.1. The Morgan fingerprint density at radius 1 is 0.750 bits per heavy atom. The molecule has 0 radical (unpaired) electrons. The Balaban J connectivity index is 1.33. The van der Waals surface area contributed by atoms with E-state index in [4.69, 9.17) is 0 Å². The summed E-state index contributed by atoms with van der Waals surface area (Å²) >= 11 is 0. The number of piperazine rings is 1. The first-order chi connectivity index (χ1) is 15.5. The lowest BCUT2D eigenvalue weighted by Crippen LogP contribution is -2.53. The maximum atomic E-state index is 13.3. The highest BCUT2D eigenvalue weighted by molar-refractivity contribution is 7.89. The first-order valence-electron chi connectivity index (χ1n) is 10.6.